The van der Waals surface area contributed by atoms with Gasteiger partial charge in [-0.1, -0.05) is 0 Å². The predicted octanol–water partition coefficient (Wildman–Crippen LogP) is 0.904. The van der Waals surface area contributed by atoms with Crippen molar-refractivity contribution in [1.29, 1.82) is 0 Å². The highest BCUT2D eigenvalue weighted by Gasteiger charge is 2.26. The van der Waals surface area contributed by atoms with E-state index in [0.29, 0.717) is 0 Å². The van der Waals surface area contributed by atoms with Crippen molar-refractivity contribution in [2.45, 2.75) is 0 Å². The van der Waals surface area contributed by atoms with Crippen molar-refractivity contribution in [3.63, 3.8) is 0 Å². The lowest BCUT2D eigenvalue weighted by Crippen LogP contribution is -2.20. The first-order valence-corrected chi connectivity index (χ1v) is 4.79. The van der Waals surface area contributed by atoms with Crippen LogP contribution in [-0.4, -0.2) is 29.8 Å². The van der Waals surface area contributed by atoms with Crippen molar-refractivity contribution in [2.24, 2.45) is 0 Å². The zero-order valence-electron chi connectivity index (χ0n) is 9.59. The molecule has 1 rings (SSSR count). The van der Waals surface area contributed by atoms with Crippen LogP contribution in [0.15, 0.2) is 12.1 Å². The highest BCUT2D eigenvalue weighted by molar-refractivity contribution is 6.02. The van der Waals surface area contributed by atoms with E-state index in [1.807, 2.05) is 0 Å². The summed E-state index contributed by atoms with van der Waals surface area (Å²) in [5, 5.41) is 26.3. The van der Waals surface area contributed by atoms with Crippen LogP contribution in [0.3, 0.4) is 0 Å². The predicted molar refractivity (Wildman–Crippen MR) is 62.7 cm³/mol. The van der Waals surface area contributed by atoms with E-state index in [4.69, 9.17) is 0 Å². The Hall–Kier alpha value is -2.71. The molecule has 0 aliphatic heterocycles. The third-order valence-electron chi connectivity index (χ3n) is 2.23. The first kappa shape index (κ1) is 13.4. The van der Waals surface area contributed by atoms with Crippen LogP contribution in [0.2, 0.25) is 0 Å². The minimum absolute atomic E-state index is 0.0649. The number of nitrogens with zero attached hydrogens (tertiary/aromatic N) is 2. The van der Waals surface area contributed by atoms with Crippen molar-refractivity contribution in [2.75, 3.05) is 19.4 Å². The Morgan fingerprint density at radius 1 is 1.17 bits per heavy atom. The van der Waals surface area contributed by atoms with Crippen LogP contribution in [0.4, 0.5) is 17.1 Å². The van der Waals surface area contributed by atoms with Crippen molar-refractivity contribution in [3.05, 3.63) is 37.9 Å². The van der Waals surface area contributed by atoms with E-state index < -0.39 is 27.1 Å². The number of nitrogens with one attached hydrogen (secondary N) is 2. The highest BCUT2D eigenvalue weighted by atomic mass is 16.6. The standard InChI is InChI=1S/C9H10N4O5/c1-10-8-6(9(14)11-2)3-5(12(15)16)4-7(8)13(17)18/h3-4,10H,1-2H3,(H,11,14). The van der Waals surface area contributed by atoms with Gasteiger partial charge >= 0.3 is 0 Å². The molecule has 1 aromatic rings. The second kappa shape index (κ2) is 5.08. The summed E-state index contributed by atoms with van der Waals surface area (Å²) >= 11 is 0. The SMILES string of the molecule is CNC(=O)c1cc([N+](=O)[O-])cc([N+](=O)[O-])c1NC. The molecule has 1 aromatic carbocycles. The molecular weight excluding hydrogens is 244 g/mol. The first-order chi connectivity index (χ1) is 8.42. The fourth-order valence-corrected chi connectivity index (χ4v) is 1.44. The summed E-state index contributed by atoms with van der Waals surface area (Å²) in [6.45, 7) is 0. The number of amides is 1. The molecule has 0 heterocycles. The average Bonchev–Trinajstić information content (AvgIpc) is 2.35. The Labute approximate surface area is 101 Å². The zero-order valence-corrected chi connectivity index (χ0v) is 9.59. The van der Waals surface area contributed by atoms with Gasteiger partial charge in [-0.05, 0) is 0 Å². The Morgan fingerprint density at radius 3 is 2.17 bits per heavy atom. The van der Waals surface area contributed by atoms with Gasteiger partial charge in [0.25, 0.3) is 17.3 Å². The van der Waals surface area contributed by atoms with Crippen LogP contribution >= 0.6 is 0 Å². The minimum Gasteiger partial charge on any atom is -0.382 e. The molecule has 18 heavy (non-hydrogen) atoms. The molecule has 2 N–H and O–H groups in total. The van der Waals surface area contributed by atoms with Crippen LogP contribution in [0.1, 0.15) is 10.4 Å². The monoisotopic (exact) mass is 254 g/mol. The molecule has 0 bridgehead atoms. The molecule has 9 heteroatoms. The van der Waals surface area contributed by atoms with Gasteiger partial charge < -0.3 is 10.6 Å². The molecule has 0 radical (unpaired) electrons. The van der Waals surface area contributed by atoms with Gasteiger partial charge in [0.15, 0.2) is 0 Å². The van der Waals surface area contributed by atoms with Crippen molar-refractivity contribution < 1.29 is 14.6 Å². The number of rotatable bonds is 4. The summed E-state index contributed by atoms with van der Waals surface area (Å²) in [6, 6.07) is 1.79. The fraction of sp³-hybridized carbons (Fsp3) is 0.222. The molecular formula is C9H10N4O5. The molecule has 0 aliphatic rings. The van der Waals surface area contributed by atoms with E-state index in [0.717, 1.165) is 12.1 Å². The van der Waals surface area contributed by atoms with Crippen LogP contribution < -0.4 is 10.6 Å². The topological polar surface area (TPSA) is 127 Å². The summed E-state index contributed by atoms with van der Waals surface area (Å²) in [5.74, 6) is -0.647. The third-order valence-corrected chi connectivity index (χ3v) is 2.23. The molecule has 0 aliphatic carbocycles. The summed E-state index contributed by atoms with van der Waals surface area (Å²) in [5.41, 5.74) is -1.25. The van der Waals surface area contributed by atoms with Gasteiger partial charge in [-0.15, -0.1) is 0 Å². The maximum absolute atomic E-state index is 11.5. The number of non-ortho nitro benzene ring substituents is 1. The molecule has 0 saturated carbocycles. The van der Waals surface area contributed by atoms with Gasteiger partial charge in [0, 0.05) is 20.2 Å². The lowest BCUT2D eigenvalue weighted by atomic mass is 10.1. The zero-order chi connectivity index (χ0) is 13.9. The lowest BCUT2D eigenvalue weighted by Gasteiger charge is -2.08. The molecule has 0 atom stereocenters. The van der Waals surface area contributed by atoms with Gasteiger partial charge in [-0.25, -0.2) is 0 Å². The summed E-state index contributed by atoms with van der Waals surface area (Å²) in [4.78, 5) is 31.5. The lowest BCUT2D eigenvalue weighted by molar-refractivity contribution is -0.393. The third kappa shape index (κ3) is 2.34. The summed E-state index contributed by atoms with van der Waals surface area (Å²) in [7, 11) is 2.72. The first-order valence-electron chi connectivity index (χ1n) is 4.79. The number of hydrogen-bond donors (Lipinski definition) is 2. The highest BCUT2D eigenvalue weighted by Crippen LogP contribution is 2.32. The molecule has 0 fully saturated rings. The average molecular weight is 254 g/mol. The number of nitro benzene ring substituents is 2. The number of carbonyl (C=O) groups excluding carboxylic acids is 1. The Bertz CT molecular complexity index is 528. The van der Waals surface area contributed by atoms with Crippen LogP contribution in [0.25, 0.3) is 0 Å². The molecule has 0 spiro atoms. The van der Waals surface area contributed by atoms with E-state index in [-0.39, 0.29) is 11.3 Å². The second-order valence-corrected chi connectivity index (χ2v) is 3.23. The summed E-state index contributed by atoms with van der Waals surface area (Å²) < 4.78 is 0. The number of nitro groups is 2. The van der Waals surface area contributed by atoms with Crippen molar-refractivity contribution in [1.82, 2.24) is 5.32 Å². The second-order valence-electron chi connectivity index (χ2n) is 3.23. The Morgan fingerprint density at radius 2 is 1.78 bits per heavy atom. The Kier molecular flexibility index (Phi) is 3.77. The quantitative estimate of drug-likeness (QED) is 0.607. The molecule has 0 unspecified atom stereocenters. The summed E-state index contributed by atoms with van der Waals surface area (Å²) in [6.07, 6.45) is 0. The van der Waals surface area contributed by atoms with Crippen LogP contribution in [-0.2, 0) is 0 Å². The van der Waals surface area contributed by atoms with E-state index in [1.165, 1.54) is 14.1 Å². The largest absolute Gasteiger partial charge is 0.382 e. The Balaban J connectivity index is 3.61. The fourth-order valence-electron chi connectivity index (χ4n) is 1.44. The normalized spacial score (nSPS) is 9.67. The van der Waals surface area contributed by atoms with E-state index in [1.54, 1.807) is 0 Å². The van der Waals surface area contributed by atoms with E-state index >= 15 is 0 Å². The van der Waals surface area contributed by atoms with Crippen LogP contribution in [0, 0.1) is 20.2 Å². The van der Waals surface area contributed by atoms with Crippen LogP contribution in [0.5, 0.6) is 0 Å². The molecule has 96 valence electrons. The molecule has 0 saturated heterocycles. The van der Waals surface area contributed by atoms with E-state index in [9.17, 15) is 25.0 Å². The number of anilines is 1. The van der Waals surface area contributed by atoms with Gasteiger partial charge in [-0.2, -0.15) is 0 Å². The van der Waals surface area contributed by atoms with Gasteiger partial charge in [0.05, 0.1) is 21.5 Å². The van der Waals surface area contributed by atoms with Crippen molar-refractivity contribution in [3.8, 4) is 0 Å². The number of hydrogen-bond acceptors (Lipinski definition) is 6. The van der Waals surface area contributed by atoms with Crippen molar-refractivity contribution >= 4 is 23.0 Å². The van der Waals surface area contributed by atoms with Gasteiger partial charge in [0.1, 0.15) is 5.69 Å². The van der Waals surface area contributed by atoms with E-state index in [2.05, 4.69) is 10.6 Å². The minimum atomic E-state index is -0.793. The number of benzene rings is 1. The number of carbonyl (C=O) groups is 1. The maximum atomic E-state index is 11.5. The molecule has 9 nitrogen and oxygen atoms in total. The molecule has 0 aromatic heterocycles. The van der Waals surface area contributed by atoms with Gasteiger partial charge in [-0.3, -0.25) is 25.0 Å². The maximum Gasteiger partial charge on any atom is 0.300 e. The molecule has 1 amide bonds. The smallest absolute Gasteiger partial charge is 0.300 e. The van der Waals surface area contributed by atoms with Gasteiger partial charge in [0.2, 0.25) is 0 Å².